The zero-order chi connectivity index (χ0) is 16.0. The molecule has 0 aliphatic carbocycles. The fourth-order valence-corrected chi connectivity index (χ4v) is 4.75. The molecule has 2 aromatic heterocycles. The van der Waals surface area contributed by atoms with Crippen molar-refractivity contribution in [1.82, 2.24) is 9.88 Å². The van der Waals surface area contributed by atoms with E-state index in [1.807, 2.05) is 16.3 Å². The maximum absolute atomic E-state index is 12.9. The van der Waals surface area contributed by atoms with E-state index in [1.165, 1.54) is 16.6 Å². The smallest absolute Gasteiger partial charge is 0.264 e. The topological polar surface area (TPSA) is 36.1 Å². The summed E-state index contributed by atoms with van der Waals surface area (Å²) < 4.78 is 1.08. The van der Waals surface area contributed by atoms with Crippen LogP contribution in [0.4, 0.5) is 0 Å². The molecular formula is C18H17BrN2OS. The molecule has 0 saturated heterocycles. The average molecular weight is 389 g/mol. The number of carbonyl (C=O) groups is 1. The summed E-state index contributed by atoms with van der Waals surface area (Å²) in [5, 5.41) is 3.23. The molecule has 0 spiro atoms. The van der Waals surface area contributed by atoms with Crippen molar-refractivity contribution in [3.63, 3.8) is 0 Å². The van der Waals surface area contributed by atoms with Crippen LogP contribution in [0.25, 0.3) is 10.9 Å². The number of aryl methyl sites for hydroxylation is 1. The number of benzene rings is 1. The molecule has 118 valence electrons. The largest absolute Gasteiger partial charge is 0.357 e. The first-order chi connectivity index (χ1) is 11.2. The number of hydrogen-bond donors (Lipinski definition) is 1. The lowest BCUT2D eigenvalue weighted by molar-refractivity contribution is 0.0739. The number of nitrogens with zero attached hydrogens (tertiary/aromatic N) is 1. The molecule has 1 amide bonds. The van der Waals surface area contributed by atoms with Crippen LogP contribution in [-0.4, -0.2) is 22.3 Å². The van der Waals surface area contributed by atoms with E-state index >= 15 is 0 Å². The van der Waals surface area contributed by atoms with Gasteiger partial charge in [0.2, 0.25) is 0 Å². The number of rotatable bonds is 2. The van der Waals surface area contributed by atoms with Crippen molar-refractivity contribution in [1.29, 1.82) is 0 Å². The van der Waals surface area contributed by atoms with Gasteiger partial charge in [0.1, 0.15) is 0 Å². The van der Waals surface area contributed by atoms with Crippen LogP contribution < -0.4 is 0 Å². The second-order valence-electron chi connectivity index (χ2n) is 5.85. The van der Waals surface area contributed by atoms with Crippen LogP contribution in [0, 0.1) is 0 Å². The molecule has 23 heavy (non-hydrogen) atoms. The van der Waals surface area contributed by atoms with Crippen LogP contribution in [-0.2, 0) is 19.4 Å². The van der Waals surface area contributed by atoms with Crippen LogP contribution in [0.15, 0.2) is 34.1 Å². The minimum absolute atomic E-state index is 0.173. The van der Waals surface area contributed by atoms with Crippen LogP contribution in [0.1, 0.15) is 33.4 Å². The Kier molecular flexibility index (Phi) is 3.77. The second kappa shape index (κ2) is 5.80. The highest BCUT2D eigenvalue weighted by Crippen LogP contribution is 2.32. The predicted molar refractivity (Wildman–Crippen MR) is 98.1 cm³/mol. The van der Waals surface area contributed by atoms with Crippen molar-refractivity contribution in [2.24, 2.45) is 0 Å². The number of aromatic nitrogens is 1. The Hall–Kier alpha value is -1.59. The zero-order valence-corrected chi connectivity index (χ0v) is 15.3. The summed E-state index contributed by atoms with van der Waals surface area (Å²) in [6.45, 7) is 3.56. The van der Waals surface area contributed by atoms with Gasteiger partial charge in [-0.15, -0.1) is 11.3 Å². The third-order valence-corrected chi connectivity index (χ3v) is 6.17. The molecule has 0 atom stereocenters. The Morgan fingerprint density at radius 2 is 2.26 bits per heavy atom. The van der Waals surface area contributed by atoms with Crippen molar-refractivity contribution in [2.75, 3.05) is 6.54 Å². The molecule has 1 aliphatic rings. The average Bonchev–Trinajstić information content (AvgIpc) is 3.18. The van der Waals surface area contributed by atoms with Gasteiger partial charge in [0, 0.05) is 40.6 Å². The zero-order valence-electron chi connectivity index (χ0n) is 12.9. The summed E-state index contributed by atoms with van der Waals surface area (Å²) in [6, 6.07) is 8.30. The standard InChI is InChI=1S/C18H17BrN2OS/c1-2-11-7-9-23-17(11)18(22)21-8-6-15-13(10-21)12-4-3-5-14(19)16(12)20-15/h3-5,7,9,20H,2,6,8,10H2,1H3. The molecule has 0 radical (unpaired) electrons. The van der Waals surface area contributed by atoms with Gasteiger partial charge < -0.3 is 9.88 Å². The third kappa shape index (κ3) is 2.42. The van der Waals surface area contributed by atoms with E-state index in [1.54, 1.807) is 11.3 Å². The van der Waals surface area contributed by atoms with Gasteiger partial charge in [-0.25, -0.2) is 0 Å². The van der Waals surface area contributed by atoms with Crippen molar-refractivity contribution in [3.05, 3.63) is 55.8 Å². The molecular weight excluding hydrogens is 372 g/mol. The summed E-state index contributed by atoms with van der Waals surface area (Å²) in [6.07, 6.45) is 1.79. The Morgan fingerprint density at radius 1 is 1.39 bits per heavy atom. The number of carbonyl (C=O) groups excluding carboxylic acids is 1. The minimum Gasteiger partial charge on any atom is -0.357 e. The van der Waals surface area contributed by atoms with Gasteiger partial charge in [0.05, 0.1) is 10.4 Å². The summed E-state index contributed by atoms with van der Waals surface area (Å²) >= 11 is 5.17. The first-order valence-electron chi connectivity index (χ1n) is 7.82. The fraction of sp³-hybridized carbons (Fsp3) is 0.278. The SMILES string of the molecule is CCc1ccsc1C(=O)N1CCc2[nH]c3c(Br)cccc3c2C1. The van der Waals surface area contributed by atoms with E-state index in [9.17, 15) is 4.79 Å². The van der Waals surface area contributed by atoms with E-state index in [0.29, 0.717) is 6.54 Å². The number of para-hydroxylation sites is 1. The molecule has 3 nitrogen and oxygen atoms in total. The van der Waals surface area contributed by atoms with E-state index in [0.717, 1.165) is 39.8 Å². The van der Waals surface area contributed by atoms with Crippen LogP contribution in [0.5, 0.6) is 0 Å². The lowest BCUT2D eigenvalue weighted by atomic mass is 10.0. The highest BCUT2D eigenvalue weighted by molar-refractivity contribution is 9.10. The lowest BCUT2D eigenvalue weighted by Gasteiger charge is -2.27. The molecule has 4 rings (SSSR count). The Labute approximate surface area is 147 Å². The number of aromatic amines is 1. The molecule has 0 fully saturated rings. The van der Waals surface area contributed by atoms with E-state index in [-0.39, 0.29) is 5.91 Å². The van der Waals surface area contributed by atoms with Gasteiger partial charge in [-0.05, 0) is 45.4 Å². The molecule has 1 N–H and O–H groups in total. The second-order valence-corrected chi connectivity index (χ2v) is 7.62. The van der Waals surface area contributed by atoms with Gasteiger partial charge >= 0.3 is 0 Å². The molecule has 0 unspecified atom stereocenters. The number of fused-ring (bicyclic) bond motifs is 3. The molecule has 0 bridgehead atoms. The quantitative estimate of drug-likeness (QED) is 0.675. The molecule has 3 aromatic rings. The van der Waals surface area contributed by atoms with E-state index in [4.69, 9.17) is 0 Å². The first-order valence-corrected chi connectivity index (χ1v) is 9.50. The highest BCUT2D eigenvalue weighted by Gasteiger charge is 2.26. The van der Waals surface area contributed by atoms with Crippen molar-refractivity contribution in [2.45, 2.75) is 26.3 Å². The van der Waals surface area contributed by atoms with Crippen molar-refractivity contribution >= 4 is 44.1 Å². The fourth-order valence-electron chi connectivity index (χ4n) is 3.32. The monoisotopic (exact) mass is 388 g/mol. The number of thiophene rings is 1. The van der Waals surface area contributed by atoms with E-state index in [2.05, 4.69) is 46.0 Å². The molecule has 1 aromatic carbocycles. The number of H-pyrrole nitrogens is 1. The van der Waals surface area contributed by atoms with Crippen molar-refractivity contribution < 1.29 is 4.79 Å². The third-order valence-electron chi connectivity index (χ3n) is 4.57. The number of halogens is 1. The van der Waals surface area contributed by atoms with Crippen molar-refractivity contribution in [3.8, 4) is 0 Å². The van der Waals surface area contributed by atoms with Crippen LogP contribution in [0.2, 0.25) is 0 Å². The normalized spacial score (nSPS) is 14.3. The first kappa shape index (κ1) is 15.0. The van der Waals surface area contributed by atoms with Gasteiger partial charge in [-0.1, -0.05) is 19.1 Å². The Morgan fingerprint density at radius 3 is 3.09 bits per heavy atom. The summed E-state index contributed by atoms with van der Waals surface area (Å²) in [4.78, 5) is 19.3. The van der Waals surface area contributed by atoms with Gasteiger partial charge in [0.15, 0.2) is 0 Å². The molecule has 0 saturated carbocycles. The summed E-state index contributed by atoms with van der Waals surface area (Å²) in [5.41, 5.74) is 4.82. The molecule has 3 heterocycles. The van der Waals surface area contributed by atoms with E-state index < -0.39 is 0 Å². The van der Waals surface area contributed by atoms with Gasteiger partial charge in [0.25, 0.3) is 5.91 Å². The lowest BCUT2D eigenvalue weighted by Crippen LogP contribution is -2.35. The minimum atomic E-state index is 0.173. The highest BCUT2D eigenvalue weighted by atomic mass is 79.9. The number of nitrogens with one attached hydrogen (secondary N) is 1. The Bertz CT molecular complexity index is 896. The molecule has 1 aliphatic heterocycles. The van der Waals surface area contributed by atoms with Gasteiger partial charge in [-0.2, -0.15) is 0 Å². The maximum atomic E-state index is 12.9. The summed E-state index contributed by atoms with van der Waals surface area (Å²) in [7, 11) is 0. The predicted octanol–water partition coefficient (Wildman–Crippen LogP) is 4.75. The molecule has 5 heteroatoms. The Balaban J connectivity index is 1.70. The number of hydrogen-bond acceptors (Lipinski definition) is 2. The maximum Gasteiger partial charge on any atom is 0.264 e. The number of amides is 1. The summed E-state index contributed by atoms with van der Waals surface area (Å²) in [5.74, 6) is 0.173. The van der Waals surface area contributed by atoms with Crippen LogP contribution in [0.3, 0.4) is 0 Å². The van der Waals surface area contributed by atoms with Gasteiger partial charge in [-0.3, -0.25) is 4.79 Å². The van der Waals surface area contributed by atoms with Crippen LogP contribution >= 0.6 is 27.3 Å².